The second-order valence-corrected chi connectivity index (χ2v) is 1.18. The molecule has 0 aromatic heterocycles. The van der Waals surface area contributed by atoms with Gasteiger partial charge in [0.05, 0.1) is 6.61 Å². The van der Waals surface area contributed by atoms with E-state index in [1.807, 2.05) is 0 Å². The van der Waals surface area contributed by atoms with E-state index in [4.69, 9.17) is 16.2 Å². The molecule has 40 valence electrons. The molecule has 0 saturated heterocycles. The fraction of sp³-hybridized carbons (Fsp3) is 0.250. The number of hydrogen-bond donors (Lipinski definition) is 3. The standard InChI is InChI=1S/C4H8N2O/c1-3(2-7)4(5)6/h7H,1-2H2,(H3,5,6). The zero-order chi connectivity index (χ0) is 5.86. The molecule has 0 aromatic rings. The van der Waals surface area contributed by atoms with E-state index in [2.05, 4.69) is 6.58 Å². The van der Waals surface area contributed by atoms with Crippen molar-refractivity contribution in [3.8, 4) is 0 Å². The van der Waals surface area contributed by atoms with Crippen LogP contribution < -0.4 is 5.73 Å². The molecule has 3 heteroatoms. The summed E-state index contributed by atoms with van der Waals surface area (Å²) < 4.78 is 0. The highest BCUT2D eigenvalue weighted by Crippen LogP contribution is 1.81. The molecule has 4 N–H and O–H groups in total. The molecular weight excluding hydrogens is 92.1 g/mol. The first-order valence-corrected chi connectivity index (χ1v) is 1.81. The van der Waals surface area contributed by atoms with E-state index in [1.165, 1.54) is 0 Å². The van der Waals surface area contributed by atoms with E-state index in [-0.39, 0.29) is 18.0 Å². The van der Waals surface area contributed by atoms with E-state index >= 15 is 0 Å². The Balaban J connectivity index is 3.58. The molecule has 0 rings (SSSR count). The van der Waals surface area contributed by atoms with Crippen molar-refractivity contribution in [1.29, 1.82) is 5.41 Å². The van der Waals surface area contributed by atoms with Gasteiger partial charge in [-0.25, -0.2) is 0 Å². The number of amidine groups is 1. The summed E-state index contributed by atoms with van der Waals surface area (Å²) in [5, 5.41) is 14.8. The Bertz CT molecular complexity index is 97.9. The lowest BCUT2D eigenvalue weighted by molar-refractivity contribution is 0.337. The zero-order valence-electron chi connectivity index (χ0n) is 3.94. The molecule has 3 nitrogen and oxygen atoms in total. The normalized spacial score (nSPS) is 8.14. The lowest BCUT2D eigenvalue weighted by Gasteiger charge is -1.92. The number of aliphatic hydroxyl groups is 1. The van der Waals surface area contributed by atoms with Crippen LogP contribution >= 0.6 is 0 Å². The van der Waals surface area contributed by atoms with E-state index in [1.54, 1.807) is 0 Å². The minimum Gasteiger partial charge on any atom is -0.392 e. The van der Waals surface area contributed by atoms with Crippen LogP contribution in [0.1, 0.15) is 0 Å². The largest absolute Gasteiger partial charge is 0.392 e. The zero-order valence-corrected chi connectivity index (χ0v) is 3.94. The van der Waals surface area contributed by atoms with Crippen molar-refractivity contribution in [3.05, 3.63) is 12.2 Å². The van der Waals surface area contributed by atoms with Gasteiger partial charge in [0.2, 0.25) is 0 Å². The van der Waals surface area contributed by atoms with Gasteiger partial charge in [0, 0.05) is 5.57 Å². The number of nitrogens with one attached hydrogen (secondary N) is 1. The second-order valence-electron chi connectivity index (χ2n) is 1.18. The van der Waals surface area contributed by atoms with Crippen LogP contribution in [-0.2, 0) is 0 Å². The molecule has 0 atom stereocenters. The van der Waals surface area contributed by atoms with Crippen LogP contribution in [0.3, 0.4) is 0 Å². The van der Waals surface area contributed by atoms with Crippen LogP contribution in [-0.4, -0.2) is 17.5 Å². The molecule has 0 radical (unpaired) electrons. The van der Waals surface area contributed by atoms with Gasteiger partial charge in [-0.05, 0) is 0 Å². The lowest BCUT2D eigenvalue weighted by atomic mass is 10.3. The molecule has 0 aliphatic carbocycles. The Hall–Kier alpha value is -0.830. The van der Waals surface area contributed by atoms with Gasteiger partial charge >= 0.3 is 0 Å². The first-order chi connectivity index (χ1) is 3.18. The Morgan fingerprint density at radius 2 is 2.29 bits per heavy atom. The number of nitrogens with two attached hydrogens (primary N) is 1. The third-order valence-corrected chi connectivity index (χ3v) is 0.572. The summed E-state index contributed by atoms with van der Waals surface area (Å²) in [6.45, 7) is 3.05. The average Bonchev–Trinajstić information content (AvgIpc) is 1.65. The number of hydrogen-bond acceptors (Lipinski definition) is 2. The number of rotatable bonds is 2. The molecule has 0 unspecified atom stereocenters. The first kappa shape index (κ1) is 6.17. The van der Waals surface area contributed by atoms with E-state index in [0.29, 0.717) is 0 Å². The number of aliphatic hydroxyl groups excluding tert-OH is 1. The molecule has 0 aromatic carbocycles. The van der Waals surface area contributed by atoms with Crippen molar-refractivity contribution in [2.24, 2.45) is 5.73 Å². The molecule has 0 aliphatic heterocycles. The van der Waals surface area contributed by atoms with Crippen LogP contribution in [0, 0.1) is 5.41 Å². The maximum atomic E-state index is 8.18. The Morgan fingerprint density at radius 1 is 1.86 bits per heavy atom. The van der Waals surface area contributed by atoms with Crippen LogP contribution in [0.4, 0.5) is 0 Å². The SMILES string of the molecule is C=C(CO)C(=N)N. The fourth-order valence-corrected chi connectivity index (χ4v) is 0.0852. The predicted octanol–water partition coefficient (Wildman–Crippen LogP) is -0.529. The van der Waals surface area contributed by atoms with Gasteiger partial charge < -0.3 is 10.8 Å². The summed E-state index contributed by atoms with van der Waals surface area (Å²) in [6.07, 6.45) is 0. The van der Waals surface area contributed by atoms with Crippen molar-refractivity contribution in [1.82, 2.24) is 0 Å². The van der Waals surface area contributed by atoms with E-state index in [9.17, 15) is 0 Å². The van der Waals surface area contributed by atoms with Crippen LogP contribution in [0.5, 0.6) is 0 Å². The molecule has 0 amide bonds. The summed E-state index contributed by atoms with van der Waals surface area (Å²) in [6, 6.07) is 0. The van der Waals surface area contributed by atoms with Gasteiger partial charge in [-0.3, -0.25) is 5.41 Å². The van der Waals surface area contributed by atoms with Crippen LogP contribution in [0.15, 0.2) is 12.2 Å². The quantitative estimate of drug-likeness (QED) is 0.322. The molecule has 0 fully saturated rings. The van der Waals surface area contributed by atoms with Gasteiger partial charge in [0.15, 0.2) is 0 Å². The summed E-state index contributed by atoms with van der Waals surface area (Å²) >= 11 is 0. The van der Waals surface area contributed by atoms with Crippen molar-refractivity contribution in [2.75, 3.05) is 6.61 Å². The summed E-state index contributed by atoms with van der Waals surface area (Å²) in [4.78, 5) is 0. The molecule has 0 heterocycles. The maximum absolute atomic E-state index is 8.18. The predicted molar refractivity (Wildman–Crippen MR) is 28.1 cm³/mol. The molecule has 7 heavy (non-hydrogen) atoms. The topological polar surface area (TPSA) is 70.1 Å². The second kappa shape index (κ2) is 2.36. The van der Waals surface area contributed by atoms with Gasteiger partial charge in [0.1, 0.15) is 5.84 Å². The molecular formula is C4H8N2O. The maximum Gasteiger partial charge on any atom is 0.120 e. The third-order valence-electron chi connectivity index (χ3n) is 0.572. The van der Waals surface area contributed by atoms with E-state index < -0.39 is 0 Å². The summed E-state index contributed by atoms with van der Waals surface area (Å²) in [5.41, 5.74) is 5.13. The first-order valence-electron chi connectivity index (χ1n) is 1.81. The average molecular weight is 100 g/mol. The highest BCUT2D eigenvalue weighted by Gasteiger charge is 1.90. The van der Waals surface area contributed by atoms with Gasteiger partial charge in [-0.2, -0.15) is 0 Å². The third kappa shape index (κ3) is 1.94. The minimum absolute atomic E-state index is 0.150. The molecule has 0 aliphatic rings. The van der Waals surface area contributed by atoms with Crippen molar-refractivity contribution in [3.63, 3.8) is 0 Å². The van der Waals surface area contributed by atoms with Gasteiger partial charge in [-0.15, -0.1) is 0 Å². The Kier molecular flexibility index (Phi) is 2.08. The van der Waals surface area contributed by atoms with Gasteiger partial charge in [0.25, 0.3) is 0 Å². The van der Waals surface area contributed by atoms with Crippen molar-refractivity contribution >= 4 is 5.84 Å². The minimum atomic E-state index is -0.227. The van der Waals surface area contributed by atoms with E-state index in [0.717, 1.165) is 0 Å². The smallest absolute Gasteiger partial charge is 0.120 e. The van der Waals surface area contributed by atoms with Crippen molar-refractivity contribution in [2.45, 2.75) is 0 Å². The molecule has 0 bridgehead atoms. The summed E-state index contributed by atoms with van der Waals surface area (Å²) in [5.74, 6) is -0.150. The van der Waals surface area contributed by atoms with Crippen molar-refractivity contribution < 1.29 is 5.11 Å². The molecule has 0 spiro atoms. The monoisotopic (exact) mass is 100 g/mol. The highest BCUT2D eigenvalue weighted by molar-refractivity contribution is 5.93. The molecule has 0 saturated carbocycles. The van der Waals surface area contributed by atoms with Crippen LogP contribution in [0.2, 0.25) is 0 Å². The highest BCUT2D eigenvalue weighted by atomic mass is 16.3. The van der Waals surface area contributed by atoms with Gasteiger partial charge in [-0.1, -0.05) is 6.58 Å². The Morgan fingerprint density at radius 3 is 2.29 bits per heavy atom. The Labute approximate surface area is 42.0 Å². The van der Waals surface area contributed by atoms with Crippen LogP contribution in [0.25, 0.3) is 0 Å². The summed E-state index contributed by atoms with van der Waals surface area (Å²) in [7, 11) is 0. The lowest BCUT2D eigenvalue weighted by Crippen LogP contribution is -2.14. The fourth-order valence-electron chi connectivity index (χ4n) is 0.0852.